The molecular formula is C15H9N. The summed E-state index contributed by atoms with van der Waals surface area (Å²) < 4.78 is 0. The third-order valence-electron chi connectivity index (χ3n) is 1.93. The predicted molar refractivity (Wildman–Crippen MR) is 64.4 cm³/mol. The van der Waals surface area contributed by atoms with Gasteiger partial charge >= 0.3 is 0 Å². The van der Waals surface area contributed by atoms with Gasteiger partial charge in [0.25, 0.3) is 0 Å². The van der Waals surface area contributed by atoms with E-state index in [0.717, 1.165) is 11.1 Å². The molecule has 0 fully saturated rings. The summed E-state index contributed by atoms with van der Waals surface area (Å²) in [5.74, 6) is 11.6. The summed E-state index contributed by atoms with van der Waals surface area (Å²) in [5.41, 5.74) is 1.91. The fourth-order valence-electron chi connectivity index (χ4n) is 1.16. The van der Waals surface area contributed by atoms with Gasteiger partial charge in [0, 0.05) is 23.5 Å². The normalized spacial score (nSPS) is 8.25. The van der Waals surface area contributed by atoms with Crippen LogP contribution in [0.1, 0.15) is 11.1 Å². The van der Waals surface area contributed by atoms with E-state index < -0.39 is 0 Å². The first kappa shape index (κ1) is 10.0. The van der Waals surface area contributed by atoms with Gasteiger partial charge in [-0.05, 0) is 36.1 Å². The summed E-state index contributed by atoms with van der Waals surface area (Å²) in [6.45, 7) is 0. The van der Waals surface area contributed by atoms with Gasteiger partial charge in [-0.15, -0.1) is 0 Å². The van der Waals surface area contributed by atoms with E-state index in [4.69, 9.17) is 0 Å². The summed E-state index contributed by atoms with van der Waals surface area (Å²) in [6, 6.07) is 13.5. The van der Waals surface area contributed by atoms with Gasteiger partial charge in [-0.25, -0.2) is 0 Å². The number of pyridine rings is 1. The molecule has 0 saturated heterocycles. The third-order valence-corrected chi connectivity index (χ3v) is 1.93. The zero-order valence-corrected chi connectivity index (χ0v) is 8.64. The van der Waals surface area contributed by atoms with Crippen LogP contribution in [0.5, 0.6) is 0 Å². The van der Waals surface area contributed by atoms with E-state index in [9.17, 15) is 0 Å². The zero-order valence-electron chi connectivity index (χ0n) is 8.64. The monoisotopic (exact) mass is 203 g/mol. The molecule has 1 heterocycles. The van der Waals surface area contributed by atoms with Crippen LogP contribution in [0, 0.1) is 23.7 Å². The Morgan fingerprint density at radius 3 is 1.88 bits per heavy atom. The van der Waals surface area contributed by atoms with Crippen molar-refractivity contribution < 1.29 is 0 Å². The maximum Gasteiger partial charge on any atom is 0.0286 e. The molecule has 16 heavy (non-hydrogen) atoms. The highest BCUT2D eigenvalue weighted by Crippen LogP contribution is 1.94. The molecule has 0 saturated carbocycles. The number of nitrogens with zero attached hydrogens (tertiary/aromatic N) is 1. The van der Waals surface area contributed by atoms with Gasteiger partial charge in [0.2, 0.25) is 0 Å². The Balaban J connectivity index is 2.09. The summed E-state index contributed by atoms with van der Waals surface area (Å²) in [5, 5.41) is 0. The van der Waals surface area contributed by atoms with Gasteiger partial charge in [-0.3, -0.25) is 4.98 Å². The minimum atomic E-state index is 0.928. The second-order valence-corrected chi connectivity index (χ2v) is 3.10. The number of rotatable bonds is 0. The minimum Gasteiger partial charge on any atom is -0.265 e. The molecule has 74 valence electrons. The van der Waals surface area contributed by atoms with Gasteiger partial charge in [0.15, 0.2) is 0 Å². The Morgan fingerprint density at radius 2 is 1.25 bits per heavy atom. The van der Waals surface area contributed by atoms with E-state index in [1.165, 1.54) is 0 Å². The van der Waals surface area contributed by atoms with E-state index in [0.29, 0.717) is 0 Å². The molecule has 1 nitrogen and oxygen atoms in total. The summed E-state index contributed by atoms with van der Waals surface area (Å²) in [4.78, 5) is 3.92. The average Bonchev–Trinajstić information content (AvgIpc) is 2.37. The highest BCUT2D eigenvalue weighted by Gasteiger charge is 1.81. The molecule has 1 heteroatoms. The quantitative estimate of drug-likeness (QED) is 0.599. The Bertz CT molecular complexity index is 507. The molecule has 0 atom stereocenters. The van der Waals surface area contributed by atoms with Crippen LogP contribution >= 0.6 is 0 Å². The van der Waals surface area contributed by atoms with Crippen molar-refractivity contribution >= 4 is 0 Å². The first-order valence-corrected chi connectivity index (χ1v) is 4.92. The molecule has 0 radical (unpaired) electrons. The number of hydrogen-bond acceptors (Lipinski definition) is 1. The topological polar surface area (TPSA) is 12.9 Å². The van der Waals surface area contributed by atoms with Crippen molar-refractivity contribution in [1.82, 2.24) is 4.98 Å². The van der Waals surface area contributed by atoms with Gasteiger partial charge < -0.3 is 0 Å². The third kappa shape index (κ3) is 3.01. The van der Waals surface area contributed by atoms with Crippen LogP contribution in [0.2, 0.25) is 0 Å². The minimum absolute atomic E-state index is 0.928. The first-order valence-electron chi connectivity index (χ1n) is 4.92. The Morgan fingerprint density at radius 1 is 0.688 bits per heavy atom. The van der Waals surface area contributed by atoms with Crippen LogP contribution in [0.25, 0.3) is 0 Å². The second-order valence-electron chi connectivity index (χ2n) is 3.10. The number of hydrogen-bond donors (Lipinski definition) is 0. The van der Waals surface area contributed by atoms with E-state index >= 15 is 0 Å². The fraction of sp³-hybridized carbons (Fsp3) is 0. The lowest BCUT2D eigenvalue weighted by atomic mass is 10.2. The highest BCUT2D eigenvalue weighted by atomic mass is 14.6. The molecule has 0 aliphatic carbocycles. The fourth-order valence-corrected chi connectivity index (χ4v) is 1.16. The SMILES string of the molecule is C(C#Cc1ccncc1)#Cc1ccccc1. The van der Waals surface area contributed by atoms with Crippen molar-refractivity contribution in [2.45, 2.75) is 0 Å². The van der Waals surface area contributed by atoms with Gasteiger partial charge in [0.1, 0.15) is 0 Å². The van der Waals surface area contributed by atoms with Crippen molar-refractivity contribution in [3.63, 3.8) is 0 Å². The van der Waals surface area contributed by atoms with Crippen LogP contribution in [-0.2, 0) is 0 Å². The predicted octanol–water partition coefficient (Wildman–Crippen LogP) is 2.48. The lowest BCUT2D eigenvalue weighted by molar-refractivity contribution is 1.32. The van der Waals surface area contributed by atoms with E-state index in [1.807, 2.05) is 42.5 Å². The first-order chi connectivity index (χ1) is 7.95. The van der Waals surface area contributed by atoms with Crippen LogP contribution in [0.3, 0.4) is 0 Å². The smallest absolute Gasteiger partial charge is 0.0286 e. The summed E-state index contributed by atoms with van der Waals surface area (Å²) >= 11 is 0. The standard InChI is InChI=1S/C15H9N/c1-2-6-14(7-3-1)8-4-5-9-15-10-12-16-13-11-15/h1-3,6-7,10-13H. The molecule has 0 bridgehead atoms. The van der Waals surface area contributed by atoms with Gasteiger partial charge in [-0.2, -0.15) is 0 Å². The number of aromatic nitrogens is 1. The lowest BCUT2D eigenvalue weighted by Gasteiger charge is -1.84. The Labute approximate surface area is 95.2 Å². The van der Waals surface area contributed by atoms with Gasteiger partial charge in [0.05, 0.1) is 0 Å². The number of benzene rings is 1. The summed E-state index contributed by atoms with van der Waals surface area (Å²) in [6.07, 6.45) is 3.43. The Kier molecular flexibility index (Phi) is 3.38. The molecular weight excluding hydrogens is 194 g/mol. The van der Waals surface area contributed by atoms with Gasteiger partial charge in [-0.1, -0.05) is 30.0 Å². The average molecular weight is 203 g/mol. The van der Waals surface area contributed by atoms with Crippen molar-refractivity contribution in [3.05, 3.63) is 66.0 Å². The molecule has 0 unspecified atom stereocenters. The van der Waals surface area contributed by atoms with Crippen molar-refractivity contribution in [2.75, 3.05) is 0 Å². The Hall–Kier alpha value is -2.51. The molecule has 0 spiro atoms. The zero-order chi connectivity index (χ0) is 11.1. The molecule has 1 aromatic carbocycles. The van der Waals surface area contributed by atoms with Crippen molar-refractivity contribution in [2.24, 2.45) is 0 Å². The maximum atomic E-state index is 3.92. The largest absolute Gasteiger partial charge is 0.265 e. The molecule has 0 aliphatic heterocycles. The molecule has 2 rings (SSSR count). The van der Waals surface area contributed by atoms with E-state index in [1.54, 1.807) is 12.4 Å². The van der Waals surface area contributed by atoms with Crippen LogP contribution < -0.4 is 0 Å². The lowest BCUT2D eigenvalue weighted by Crippen LogP contribution is -1.73. The molecule has 1 aromatic heterocycles. The molecule has 0 amide bonds. The maximum absolute atomic E-state index is 3.92. The highest BCUT2D eigenvalue weighted by molar-refractivity contribution is 5.43. The van der Waals surface area contributed by atoms with Crippen LogP contribution in [0.15, 0.2) is 54.9 Å². The van der Waals surface area contributed by atoms with Crippen LogP contribution in [-0.4, -0.2) is 4.98 Å². The van der Waals surface area contributed by atoms with Crippen LogP contribution in [0.4, 0.5) is 0 Å². The molecule has 2 aromatic rings. The molecule has 0 N–H and O–H groups in total. The van der Waals surface area contributed by atoms with Crippen molar-refractivity contribution in [3.8, 4) is 23.7 Å². The van der Waals surface area contributed by atoms with E-state index in [2.05, 4.69) is 28.7 Å². The molecule has 0 aliphatic rings. The second kappa shape index (κ2) is 5.39. The van der Waals surface area contributed by atoms with Crippen molar-refractivity contribution in [1.29, 1.82) is 0 Å². The summed E-state index contributed by atoms with van der Waals surface area (Å²) in [7, 11) is 0. The van der Waals surface area contributed by atoms with E-state index in [-0.39, 0.29) is 0 Å².